The van der Waals surface area contributed by atoms with Crippen LogP contribution < -0.4 is 43.0 Å². The molecule has 9 atom stereocenters. The van der Waals surface area contributed by atoms with Gasteiger partial charge in [0.05, 0.1) is 6.04 Å². The Morgan fingerprint density at radius 3 is 1.51 bits per heavy atom. The Labute approximate surface area is 492 Å². The number of phenolic OH excluding ortho intramolecular Hbond substituents is 2. The molecule has 0 saturated carbocycles. The van der Waals surface area contributed by atoms with Gasteiger partial charge in [0.2, 0.25) is 47.3 Å². The van der Waals surface area contributed by atoms with Gasteiger partial charge in [0, 0.05) is 55.7 Å². The van der Waals surface area contributed by atoms with Crippen LogP contribution in [0, 0.1) is 5.92 Å². The molecule has 1 saturated heterocycles. The van der Waals surface area contributed by atoms with Gasteiger partial charge in [-0.3, -0.25) is 38.4 Å². The largest absolute Gasteiger partial charge is 0.508 e. The van der Waals surface area contributed by atoms with E-state index in [1.165, 1.54) is 55.1 Å². The Morgan fingerprint density at radius 2 is 0.976 bits per heavy atom. The van der Waals surface area contributed by atoms with Gasteiger partial charge in [-0.2, -0.15) is 0 Å². The average molecular weight is 1160 g/mol. The Balaban J connectivity index is 1.14. The van der Waals surface area contributed by atoms with E-state index >= 15 is 4.79 Å². The van der Waals surface area contributed by atoms with Crippen molar-refractivity contribution in [1.29, 1.82) is 0 Å². The van der Waals surface area contributed by atoms with E-state index in [-0.39, 0.29) is 56.6 Å². The number of hydrogen-bond donors (Lipinski definition) is 12. The summed E-state index contributed by atoms with van der Waals surface area (Å²) in [7, 11) is 0. The van der Waals surface area contributed by atoms with E-state index in [9.17, 15) is 53.7 Å². The lowest BCUT2D eigenvalue weighted by atomic mass is 9.99. The molecule has 1 fully saturated rings. The minimum absolute atomic E-state index is 0.0218. The number of carbonyl (C=O) groups is 9. The summed E-state index contributed by atoms with van der Waals surface area (Å²) in [4.78, 5) is 131. The molecule has 22 heteroatoms. The van der Waals surface area contributed by atoms with Gasteiger partial charge < -0.3 is 68.2 Å². The van der Waals surface area contributed by atoms with Crippen molar-refractivity contribution in [3.8, 4) is 11.5 Å². The number of nitrogens with zero attached hydrogens (tertiary/aromatic N) is 1. The number of nitrogens with two attached hydrogens (primary N) is 1. The molecule has 8 amide bonds. The number of H-pyrrole nitrogens is 1. The number of phenols is 2. The van der Waals surface area contributed by atoms with Crippen molar-refractivity contribution in [2.24, 2.45) is 11.7 Å². The lowest BCUT2D eigenvalue weighted by Crippen LogP contribution is -2.61. The Morgan fingerprint density at radius 1 is 0.518 bits per heavy atom. The van der Waals surface area contributed by atoms with Crippen molar-refractivity contribution in [3.05, 3.63) is 167 Å². The maximum atomic E-state index is 15.1. The number of para-hydroxylation sites is 1. The predicted molar refractivity (Wildman–Crippen MR) is 316 cm³/mol. The number of amides is 8. The number of aromatic hydroxyl groups is 2. The third-order valence-electron chi connectivity index (χ3n) is 14.8. The molecule has 6 aromatic rings. The molecule has 1 aliphatic rings. The summed E-state index contributed by atoms with van der Waals surface area (Å²) in [5.74, 6) is -7.56. The molecule has 0 unspecified atom stereocenters. The monoisotopic (exact) mass is 1160 g/mol. The third-order valence-corrected chi connectivity index (χ3v) is 14.8. The molecule has 0 radical (unpaired) electrons. The van der Waals surface area contributed by atoms with Crippen molar-refractivity contribution in [2.45, 2.75) is 127 Å². The number of nitrogens with one attached hydrogen (secondary N) is 8. The highest BCUT2D eigenvalue weighted by Crippen LogP contribution is 2.24. The number of rotatable bonds is 27. The van der Waals surface area contributed by atoms with Crippen LogP contribution in [-0.4, -0.2) is 139 Å². The second kappa shape index (κ2) is 29.6. The van der Waals surface area contributed by atoms with E-state index in [0.29, 0.717) is 34.2 Å². The first-order chi connectivity index (χ1) is 40.6. The Hall–Kier alpha value is -9.57. The minimum atomic E-state index is -1.40. The topological polar surface area (TPSA) is 344 Å². The average Bonchev–Trinajstić information content (AvgIpc) is 3.17. The van der Waals surface area contributed by atoms with Crippen LogP contribution >= 0.6 is 0 Å². The molecular weight excluding hydrogens is 1090 g/mol. The van der Waals surface area contributed by atoms with E-state index < -0.39 is 114 Å². The first kappa shape index (κ1) is 63.0. The van der Waals surface area contributed by atoms with Crippen LogP contribution in [0.1, 0.15) is 68.4 Å². The summed E-state index contributed by atoms with van der Waals surface area (Å²) in [6.07, 6.45) is 1.83. The lowest BCUT2D eigenvalue weighted by Gasteiger charge is -2.31. The van der Waals surface area contributed by atoms with Crippen molar-refractivity contribution >= 4 is 64.1 Å². The number of benzene rings is 5. The highest BCUT2D eigenvalue weighted by Gasteiger charge is 2.41. The summed E-state index contributed by atoms with van der Waals surface area (Å²) in [5, 5.41) is 49.6. The fraction of sp³-hybridized carbons (Fsp3) is 0.349. The molecule has 13 N–H and O–H groups in total. The zero-order valence-corrected chi connectivity index (χ0v) is 47.7. The van der Waals surface area contributed by atoms with Crippen LogP contribution in [0.15, 0.2) is 140 Å². The van der Waals surface area contributed by atoms with Gasteiger partial charge in [0.15, 0.2) is 0 Å². The summed E-state index contributed by atoms with van der Waals surface area (Å²) in [5.41, 5.74) is 9.55. The van der Waals surface area contributed by atoms with Gasteiger partial charge in [0.25, 0.3) is 0 Å². The van der Waals surface area contributed by atoms with Gasteiger partial charge in [-0.25, -0.2) is 4.79 Å². The molecule has 0 bridgehead atoms. The second-order valence-corrected chi connectivity index (χ2v) is 21.8. The molecule has 22 nitrogen and oxygen atoms in total. The predicted octanol–water partition coefficient (Wildman–Crippen LogP) is 2.58. The fourth-order valence-corrected chi connectivity index (χ4v) is 10.1. The first-order valence-corrected chi connectivity index (χ1v) is 28.2. The number of aliphatic carboxylic acids is 1. The van der Waals surface area contributed by atoms with Crippen molar-refractivity contribution in [3.63, 3.8) is 0 Å². The Bertz CT molecular complexity index is 3300. The van der Waals surface area contributed by atoms with Crippen LogP contribution in [0.4, 0.5) is 0 Å². The van der Waals surface area contributed by atoms with E-state index in [4.69, 9.17) is 5.73 Å². The van der Waals surface area contributed by atoms with E-state index in [1.807, 2.05) is 24.3 Å². The van der Waals surface area contributed by atoms with Crippen LogP contribution in [0.25, 0.3) is 10.9 Å². The maximum Gasteiger partial charge on any atom is 0.326 e. The van der Waals surface area contributed by atoms with E-state index in [1.54, 1.807) is 92.8 Å². The maximum absolute atomic E-state index is 15.1. The van der Waals surface area contributed by atoms with Crippen molar-refractivity contribution in [2.75, 3.05) is 6.54 Å². The van der Waals surface area contributed by atoms with Crippen LogP contribution in [0.2, 0.25) is 0 Å². The normalized spacial score (nSPS) is 15.8. The van der Waals surface area contributed by atoms with Gasteiger partial charge >= 0.3 is 5.97 Å². The fourth-order valence-electron chi connectivity index (χ4n) is 10.1. The van der Waals surface area contributed by atoms with Gasteiger partial charge in [-0.15, -0.1) is 0 Å². The number of aromatic nitrogens is 1. The molecule has 1 aromatic heterocycles. The zero-order valence-electron chi connectivity index (χ0n) is 47.7. The highest BCUT2D eigenvalue weighted by atomic mass is 16.4. The number of aromatic amines is 1. The molecule has 2 heterocycles. The summed E-state index contributed by atoms with van der Waals surface area (Å²) < 4.78 is 0. The molecule has 1 aliphatic heterocycles. The standard InChI is InChI=1S/C63H74N10O12/c1-36(2)54(72-55(76)37(3)64)61(82)70-51(32-41-21-25-44(74)26-22-41)62(83)73-29-13-20-53(73)60(81)69-50(34-43-35-65-47-19-12-11-18-46(43)47)59(80)68-49(31-40-16-9-6-10-17-40)58(79)67-48(30-39-14-7-5-8-15-39)57(78)66-38(4)56(77)71-52(63(84)85)33-42-23-27-45(75)28-24-42/h5-12,14-19,21-28,35-38,48-54,65,74-75H,13,20,29-34,64H2,1-4H3,(H,66,78)(H,67,79)(H,68,80)(H,69,81)(H,70,82)(H,71,77)(H,72,76)(H,84,85)/t37-,38-,48-,49-,50-,51-,52-,53-,54-/m0/s1. The number of carboxylic acids is 1. The molecule has 85 heavy (non-hydrogen) atoms. The van der Waals surface area contributed by atoms with E-state index in [0.717, 1.165) is 10.9 Å². The molecule has 0 aliphatic carbocycles. The number of carboxylic acid groups (broad SMARTS) is 1. The van der Waals surface area contributed by atoms with Gasteiger partial charge in [-0.1, -0.05) is 117 Å². The summed E-state index contributed by atoms with van der Waals surface area (Å²) >= 11 is 0. The van der Waals surface area contributed by atoms with Crippen molar-refractivity contribution < 1.29 is 58.5 Å². The highest BCUT2D eigenvalue weighted by molar-refractivity contribution is 5.99. The Kier molecular flexibility index (Phi) is 21.9. The molecule has 448 valence electrons. The number of fused-ring (bicyclic) bond motifs is 1. The van der Waals surface area contributed by atoms with Crippen LogP contribution in [0.3, 0.4) is 0 Å². The molecule has 5 aromatic carbocycles. The SMILES string of the molecule is CC(C)[C@H](NC(=O)[C@H](C)N)C(=O)N[C@@H](Cc1ccc(O)cc1)C(=O)N1CCC[C@H]1C(=O)N[C@@H](Cc1c[nH]c2ccccc12)C(=O)N[C@@H](Cc1ccccc1)C(=O)N[C@@H](Cc1ccccc1)C(=O)N[C@@H](C)C(=O)N[C@@H](Cc1ccc(O)cc1)C(=O)O. The summed E-state index contributed by atoms with van der Waals surface area (Å²) in [6.45, 7) is 6.39. The zero-order chi connectivity index (χ0) is 61.3. The number of hydrogen-bond acceptors (Lipinski definition) is 12. The molecule has 0 spiro atoms. The smallest absolute Gasteiger partial charge is 0.326 e. The molecular formula is C63H74N10O12. The van der Waals surface area contributed by atoms with Crippen molar-refractivity contribution in [1.82, 2.24) is 47.1 Å². The van der Waals surface area contributed by atoms with Gasteiger partial charge in [0.1, 0.15) is 59.8 Å². The first-order valence-electron chi connectivity index (χ1n) is 28.2. The quantitative estimate of drug-likeness (QED) is 0.0353. The van der Waals surface area contributed by atoms with Gasteiger partial charge in [-0.05, 0) is 90.8 Å². The number of likely N-dealkylation sites (tertiary alicyclic amines) is 1. The lowest BCUT2D eigenvalue weighted by molar-refractivity contribution is -0.142. The summed E-state index contributed by atoms with van der Waals surface area (Å²) in [6, 6.07) is 25.5. The number of carbonyl (C=O) groups excluding carboxylic acids is 8. The third kappa shape index (κ3) is 17.7. The second-order valence-electron chi connectivity index (χ2n) is 21.8. The van der Waals surface area contributed by atoms with Crippen LogP contribution in [0.5, 0.6) is 11.5 Å². The van der Waals surface area contributed by atoms with E-state index in [2.05, 4.69) is 42.2 Å². The minimum Gasteiger partial charge on any atom is -0.508 e. The molecule has 7 rings (SSSR count). The van der Waals surface area contributed by atoms with Crippen LogP contribution in [-0.2, 0) is 75.3 Å².